The van der Waals surface area contributed by atoms with Gasteiger partial charge in [-0.1, -0.05) is 12.8 Å². The zero-order chi connectivity index (χ0) is 15.7. The van der Waals surface area contributed by atoms with Crippen LogP contribution < -0.4 is 10.0 Å². The van der Waals surface area contributed by atoms with Crippen LogP contribution in [0.3, 0.4) is 0 Å². The molecule has 2 N–H and O–H groups in total. The van der Waals surface area contributed by atoms with Crippen molar-refractivity contribution < 1.29 is 13.2 Å². The second-order valence-electron chi connectivity index (χ2n) is 7.55. The van der Waals surface area contributed by atoms with Crippen molar-refractivity contribution in [3.63, 3.8) is 0 Å². The summed E-state index contributed by atoms with van der Waals surface area (Å²) in [5.41, 5.74) is 0. The number of carbonyl (C=O) groups excluding carboxylic acids is 1. The molecule has 0 radical (unpaired) electrons. The Labute approximate surface area is 133 Å². The van der Waals surface area contributed by atoms with Crippen LogP contribution in [0.15, 0.2) is 0 Å². The van der Waals surface area contributed by atoms with Crippen molar-refractivity contribution in [2.24, 2.45) is 23.7 Å². The van der Waals surface area contributed by atoms with Crippen LogP contribution in [-0.4, -0.2) is 33.2 Å². The molecule has 5 atom stereocenters. The molecule has 5 unspecified atom stereocenters. The minimum absolute atomic E-state index is 0.0247. The van der Waals surface area contributed by atoms with Crippen LogP contribution in [0, 0.1) is 23.7 Å². The van der Waals surface area contributed by atoms with E-state index in [0.29, 0.717) is 18.9 Å². The average Bonchev–Trinajstić information content (AvgIpc) is 3.12. The van der Waals surface area contributed by atoms with E-state index in [2.05, 4.69) is 10.0 Å². The largest absolute Gasteiger partial charge is 0.356 e. The van der Waals surface area contributed by atoms with Gasteiger partial charge in [-0.05, 0) is 55.8 Å². The molecule has 22 heavy (non-hydrogen) atoms. The highest BCUT2D eigenvalue weighted by Crippen LogP contribution is 2.56. The van der Waals surface area contributed by atoms with Crippen molar-refractivity contribution in [2.75, 3.05) is 12.8 Å². The van der Waals surface area contributed by atoms with Gasteiger partial charge in [-0.15, -0.1) is 0 Å². The summed E-state index contributed by atoms with van der Waals surface area (Å²) in [5.74, 6) is 2.71. The quantitative estimate of drug-likeness (QED) is 0.778. The molecule has 0 aromatic heterocycles. The van der Waals surface area contributed by atoms with Crippen molar-refractivity contribution >= 4 is 15.9 Å². The van der Waals surface area contributed by atoms with E-state index < -0.39 is 10.0 Å². The van der Waals surface area contributed by atoms with E-state index in [1.54, 1.807) is 0 Å². The van der Waals surface area contributed by atoms with Gasteiger partial charge in [-0.2, -0.15) is 0 Å². The van der Waals surface area contributed by atoms with E-state index in [1.165, 1.54) is 25.5 Å². The number of amides is 1. The first-order valence-electron chi connectivity index (χ1n) is 8.66. The Bertz CT molecular complexity index is 519. The van der Waals surface area contributed by atoms with Crippen molar-refractivity contribution in [3.8, 4) is 0 Å². The van der Waals surface area contributed by atoms with E-state index in [0.717, 1.165) is 37.5 Å². The molecular weight excluding hydrogens is 300 g/mol. The Kier molecular flexibility index (Phi) is 4.78. The normalized spacial score (nSPS) is 37.6. The molecule has 3 aliphatic rings. The predicted molar refractivity (Wildman–Crippen MR) is 85.7 cm³/mol. The highest BCUT2D eigenvalue weighted by Gasteiger charge is 2.48. The summed E-state index contributed by atoms with van der Waals surface area (Å²) < 4.78 is 25.7. The van der Waals surface area contributed by atoms with Crippen LogP contribution in [0.2, 0.25) is 0 Å². The lowest BCUT2D eigenvalue weighted by molar-refractivity contribution is -0.122. The molecular formula is C16H28N2O3S. The van der Waals surface area contributed by atoms with E-state index in [9.17, 15) is 13.2 Å². The number of fused-ring (bicyclic) bond motifs is 1. The second-order valence-corrected chi connectivity index (χ2v) is 9.33. The monoisotopic (exact) mass is 328 g/mol. The highest BCUT2D eigenvalue weighted by atomic mass is 32.2. The number of hydrogen-bond acceptors (Lipinski definition) is 3. The molecule has 3 fully saturated rings. The third-order valence-corrected chi connectivity index (χ3v) is 6.51. The molecule has 6 heteroatoms. The van der Waals surface area contributed by atoms with Gasteiger partial charge in [0.1, 0.15) is 0 Å². The van der Waals surface area contributed by atoms with Gasteiger partial charge in [0.2, 0.25) is 15.9 Å². The molecule has 0 aromatic rings. The van der Waals surface area contributed by atoms with Gasteiger partial charge in [0.25, 0.3) is 0 Å². The lowest BCUT2D eigenvalue weighted by atomic mass is 9.85. The Morgan fingerprint density at radius 3 is 2.50 bits per heavy atom. The Balaban J connectivity index is 1.45. The van der Waals surface area contributed by atoms with Crippen molar-refractivity contribution in [1.82, 2.24) is 10.0 Å². The maximum Gasteiger partial charge on any atom is 0.220 e. The summed E-state index contributed by atoms with van der Waals surface area (Å²) in [7, 11) is -3.18. The van der Waals surface area contributed by atoms with Crippen LogP contribution >= 0.6 is 0 Å². The molecule has 0 aromatic carbocycles. The van der Waals surface area contributed by atoms with Crippen LogP contribution in [0.1, 0.15) is 51.4 Å². The van der Waals surface area contributed by atoms with E-state index in [1.807, 2.05) is 0 Å². The number of carbonyl (C=O) groups is 1. The summed E-state index contributed by atoms with van der Waals surface area (Å²) >= 11 is 0. The maximum absolute atomic E-state index is 12.1. The van der Waals surface area contributed by atoms with Crippen molar-refractivity contribution in [3.05, 3.63) is 0 Å². The van der Waals surface area contributed by atoms with E-state index in [4.69, 9.17) is 0 Å². The first-order valence-corrected chi connectivity index (χ1v) is 10.6. The van der Waals surface area contributed by atoms with Crippen LogP contribution in [0.25, 0.3) is 0 Å². The van der Waals surface area contributed by atoms with Crippen LogP contribution in [0.5, 0.6) is 0 Å². The minimum atomic E-state index is -3.18. The fourth-order valence-electron chi connectivity index (χ4n) is 4.51. The Morgan fingerprint density at radius 2 is 1.86 bits per heavy atom. The first-order chi connectivity index (χ1) is 10.4. The summed E-state index contributed by atoms with van der Waals surface area (Å²) in [6.07, 6.45) is 9.78. The van der Waals surface area contributed by atoms with Gasteiger partial charge in [0.15, 0.2) is 0 Å². The van der Waals surface area contributed by atoms with E-state index >= 15 is 0 Å². The standard InChI is InChI=1S/C16H28N2O3S/c1-22(20,21)18-15-5-3-2-4-13(15)10-17-16(19)9-12-7-6-11-8-14(11)12/h11-15,18H,2-10H2,1H3,(H,17,19). The zero-order valence-electron chi connectivity index (χ0n) is 13.4. The first kappa shape index (κ1) is 16.2. The number of sulfonamides is 1. The number of nitrogens with one attached hydrogen (secondary N) is 2. The molecule has 0 saturated heterocycles. The highest BCUT2D eigenvalue weighted by molar-refractivity contribution is 7.88. The smallest absolute Gasteiger partial charge is 0.220 e. The molecule has 0 bridgehead atoms. The van der Waals surface area contributed by atoms with Gasteiger partial charge >= 0.3 is 0 Å². The number of rotatable bonds is 6. The van der Waals surface area contributed by atoms with Crippen molar-refractivity contribution in [1.29, 1.82) is 0 Å². The zero-order valence-corrected chi connectivity index (χ0v) is 14.2. The third kappa shape index (κ3) is 4.22. The maximum atomic E-state index is 12.1. The average molecular weight is 328 g/mol. The summed E-state index contributed by atoms with van der Waals surface area (Å²) in [4.78, 5) is 12.1. The van der Waals surface area contributed by atoms with Gasteiger partial charge < -0.3 is 5.32 Å². The molecule has 0 spiro atoms. The fourth-order valence-corrected chi connectivity index (χ4v) is 5.37. The topological polar surface area (TPSA) is 75.3 Å². The van der Waals surface area contributed by atoms with Gasteiger partial charge in [-0.3, -0.25) is 4.79 Å². The fraction of sp³-hybridized carbons (Fsp3) is 0.938. The molecule has 1 amide bonds. The molecule has 126 valence electrons. The Hall–Kier alpha value is -0.620. The third-order valence-electron chi connectivity index (χ3n) is 5.77. The lowest BCUT2D eigenvalue weighted by Crippen LogP contribution is -2.46. The van der Waals surface area contributed by atoms with Gasteiger partial charge in [0, 0.05) is 19.0 Å². The van der Waals surface area contributed by atoms with Crippen molar-refractivity contribution in [2.45, 2.75) is 57.4 Å². The lowest BCUT2D eigenvalue weighted by Gasteiger charge is -2.31. The molecule has 5 nitrogen and oxygen atoms in total. The summed E-state index contributed by atoms with van der Waals surface area (Å²) in [6, 6.07) is -0.0247. The van der Waals surface area contributed by atoms with Crippen LogP contribution in [0.4, 0.5) is 0 Å². The SMILES string of the molecule is CS(=O)(=O)NC1CCCCC1CNC(=O)CC1CCC2CC12. The summed E-state index contributed by atoms with van der Waals surface area (Å²) in [5, 5.41) is 3.06. The molecule has 0 heterocycles. The number of hydrogen-bond donors (Lipinski definition) is 2. The van der Waals surface area contributed by atoms with Gasteiger partial charge in [-0.25, -0.2) is 13.1 Å². The molecule has 3 saturated carbocycles. The minimum Gasteiger partial charge on any atom is -0.356 e. The summed E-state index contributed by atoms with van der Waals surface area (Å²) in [6.45, 7) is 0.604. The van der Waals surface area contributed by atoms with Crippen LogP contribution in [-0.2, 0) is 14.8 Å². The predicted octanol–water partition coefficient (Wildman–Crippen LogP) is 1.65. The molecule has 3 rings (SSSR count). The van der Waals surface area contributed by atoms with E-state index in [-0.39, 0.29) is 17.9 Å². The molecule has 3 aliphatic carbocycles. The molecule has 0 aliphatic heterocycles. The Morgan fingerprint density at radius 1 is 1.09 bits per heavy atom. The van der Waals surface area contributed by atoms with Gasteiger partial charge in [0.05, 0.1) is 6.26 Å². The second kappa shape index (κ2) is 6.48.